The fourth-order valence-electron chi connectivity index (χ4n) is 1.62. The average molecular weight is 278 g/mol. The maximum atomic E-state index is 11.7. The molecule has 0 radical (unpaired) electrons. The molecule has 0 bridgehead atoms. The van der Waals surface area contributed by atoms with Crippen LogP contribution in [0, 0.1) is 0 Å². The van der Waals surface area contributed by atoms with Gasteiger partial charge in [0, 0.05) is 11.1 Å². The number of carbonyl (C=O) groups is 2. The summed E-state index contributed by atoms with van der Waals surface area (Å²) < 4.78 is 14.7. The number of ether oxygens (including phenoxy) is 3. The number of esters is 2. The molecule has 0 N–H and O–H groups in total. The van der Waals surface area contributed by atoms with Gasteiger partial charge in [0.05, 0.1) is 27.2 Å². The number of methoxy groups -OCH3 is 2. The molecular formula is C15H18O5. The summed E-state index contributed by atoms with van der Waals surface area (Å²) in [5.41, 5.74) is 0.921. The fourth-order valence-corrected chi connectivity index (χ4v) is 1.62. The van der Waals surface area contributed by atoms with Crippen molar-refractivity contribution in [1.82, 2.24) is 0 Å². The second-order valence-corrected chi connectivity index (χ2v) is 3.88. The predicted molar refractivity (Wildman–Crippen MR) is 74.2 cm³/mol. The van der Waals surface area contributed by atoms with Crippen molar-refractivity contribution < 1.29 is 23.8 Å². The lowest BCUT2D eigenvalue weighted by atomic mass is 10.1. The van der Waals surface area contributed by atoms with E-state index in [1.54, 1.807) is 18.2 Å². The van der Waals surface area contributed by atoms with E-state index < -0.39 is 11.9 Å². The summed E-state index contributed by atoms with van der Waals surface area (Å²) in [6.07, 6.45) is 1.43. The summed E-state index contributed by atoms with van der Waals surface area (Å²) in [6, 6.07) is 7.25. The Hall–Kier alpha value is -2.30. The Morgan fingerprint density at radius 2 is 1.85 bits per heavy atom. The van der Waals surface area contributed by atoms with Gasteiger partial charge in [-0.15, -0.1) is 0 Å². The first-order valence-electron chi connectivity index (χ1n) is 6.19. The number of rotatable bonds is 6. The van der Waals surface area contributed by atoms with Crippen molar-refractivity contribution >= 4 is 18.0 Å². The Morgan fingerprint density at radius 1 is 1.15 bits per heavy atom. The number of hydrogen-bond donors (Lipinski definition) is 0. The van der Waals surface area contributed by atoms with Gasteiger partial charge in [-0.25, -0.2) is 4.79 Å². The minimum atomic E-state index is -0.568. The van der Waals surface area contributed by atoms with Gasteiger partial charge in [-0.05, 0) is 19.1 Å². The van der Waals surface area contributed by atoms with E-state index >= 15 is 0 Å². The van der Waals surface area contributed by atoms with Crippen LogP contribution in [0.15, 0.2) is 29.8 Å². The Morgan fingerprint density at radius 3 is 2.45 bits per heavy atom. The normalized spacial score (nSPS) is 10.8. The van der Waals surface area contributed by atoms with Crippen molar-refractivity contribution in [3.05, 3.63) is 35.4 Å². The molecule has 0 atom stereocenters. The summed E-state index contributed by atoms with van der Waals surface area (Å²) >= 11 is 0. The highest BCUT2D eigenvalue weighted by Crippen LogP contribution is 2.22. The quantitative estimate of drug-likeness (QED) is 0.589. The third-order valence-corrected chi connectivity index (χ3v) is 2.56. The van der Waals surface area contributed by atoms with E-state index in [1.165, 1.54) is 14.2 Å². The third kappa shape index (κ3) is 4.42. The van der Waals surface area contributed by atoms with E-state index in [1.807, 2.05) is 19.1 Å². The zero-order valence-electron chi connectivity index (χ0n) is 11.8. The van der Waals surface area contributed by atoms with Crippen LogP contribution in [0.1, 0.15) is 18.9 Å². The molecule has 5 heteroatoms. The zero-order valence-corrected chi connectivity index (χ0v) is 11.8. The van der Waals surface area contributed by atoms with Crippen LogP contribution in [-0.4, -0.2) is 32.8 Å². The van der Waals surface area contributed by atoms with Crippen LogP contribution in [0.25, 0.3) is 6.08 Å². The van der Waals surface area contributed by atoms with Crippen molar-refractivity contribution in [1.29, 1.82) is 0 Å². The second-order valence-electron chi connectivity index (χ2n) is 3.88. The maximum absolute atomic E-state index is 11.7. The Labute approximate surface area is 118 Å². The summed E-state index contributed by atoms with van der Waals surface area (Å²) in [4.78, 5) is 23.0. The molecule has 0 heterocycles. The van der Waals surface area contributed by atoms with Gasteiger partial charge >= 0.3 is 11.9 Å². The van der Waals surface area contributed by atoms with Gasteiger partial charge in [-0.1, -0.05) is 18.2 Å². The van der Waals surface area contributed by atoms with E-state index in [4.69, 9.17) is 4.74 Å². The van der Waals surface area contributed by atoms with Crippen molar-refractivity contribution in [2.45, 2.75) is 13.3 Å². The lowest BCUT2D eigenvalue weighted by molar-refractivity contribution is -0.143. The molecule has 0 aromatic heterocycles. The van der Waals surface area contributed by atoms with E-state index in [9.17, 15) is 9.59 Å². The molecule has 1 aromatic rings. The topological polar surface area (TPSA) is 61.8 Å². The molecule has 1 rings (SSSR count). The van der Waals surface area contributed by atoms with Crippen LogP contribution in [0.4, 0.5) is 0 Å². The van der Waals surface area contributed by atoms with Gasteiger partial charge in [0.25, 0.3) is 0 Å². The lowest BCUT2D eigenvalue weighted by Gasteiger charge is -2.09. The molecule has 0 saturated carbocycles. The SMILES string of the molecule is CCOc1ccccc1C=C(CC(=O)OC)C(=O)OC. The molecule has 0 aliphatic carbocycles. The highest BCUT2D eigenvalue weighted by Gasteiger charge is 2.15. The molecule has 0 spiro atoms. The molecule has 0 aliphatic heterocycles. The number of carbonyl (C=O) groups excluding carboxylic acids is 2. The predicted octanol–water partition coefficient (Wildman–Crippen LogP) is 2.20. The first kappa shape index (κ1) is 15.8. The smallest absolute Gasteiger partial charge is 0.334 e. The van der Waals surface area contributed by atoms with E-state index in [0.29, 0.717) is 17.9 Å². The first-order valence-corrected chi connectivity index (χ1v) is 6.19. The molecule has 1 aromatic carbocycles. The minimum absolute atomic E-state index is 0.149. The molecule has 0 unspecified atom stereocenters. The minimum Gasteiger partial charge on any atom is -0.493 e. The maximum Gasteiger partial charge on any atom is 0.334 e. The summed E-state index contributed by atoms with van der Waals surface area (Å²) in [5.74, 6) is -0.432. The Kier molecular flexibility index (Phi) is 6.29. The standard InChI is InChI=1S/C15H18O5/c1-4-20-13-8-6-5-7-11(13)9-12(15(17)19-3)10-14(16)18-2/h5-9H,4,10H2,1-3H3. The van der Waals surface area contributed by atoms with Gasteiger partial charge in [0.2, 0.25) is 0 Å². The number of para-hydroxylation sites is 1. The molecular weight excluding hydrogens is 260 g/mol. The van der Waals surface area contributed by atoms with Crippen LogP contribution in [0.3, 0.4) is 0 Å². The van der Waals surface area contributed by atoms with E-state index in [2.05, 4.69) is 9.47 Å². The molecule has 0 aliphatic rings. The van der Waals surface area contributed by atoms with E-state index in [-0.39, 0.29) is 12.0 Å². The fraction of sp³-hybridized carbons (Fsp3) is 0.333. The third-order valence-electron chi connectivity index (χ3n) is 2.56. The summed E-state index contributed by atoms with van der Waals surface area (Å²) in [6.45, 7) is 2.38. The molecule has 0 amide bonds. The molecule has 20 heavy (non-hydrogen) atoms. The van der Waals surface area contributed by atoms with Crippen LogP contribution in [0.5, 0.6) is 5.75 Å². The van der Waals surface area contributed by atoms with Gasteiger partial charge in [-0.2, -0.15) is 0 Å². The highest BCUT2D eigenvalue weighted by molar-refractivity contribution is 5.98. The van der Waals surface area contributed by atoms with Crippen LogP contribution in [0.2, 0.25) is 0 Å². The molecule has 5 nitrogen and oxygen atoms in total. The van der Waals surface area contributed by atoms with Gasteiger partial charge in [0.1, 0.15) is 5.75 Å². The highest BCUT2D eigenvalue weighted by atomic mass is 16.5. The number of hydrogen-bond acceptors (Lipinski definition) is 5. The average Bonchev–Trinajstić information content (AvgIpc) is 2.47. The van der Waals surface area contributed by atoms with Gasteiger partial charge in [0.15, 0.2) is 0 Å². The van der Waals surface area contributed by atoms with Crippen LogP contribution in [-0.2, 0) is 19.1 Å². The van der Waals surface area contributed by atoms with Crippen molar-refractivity contribution in [2.24, 2.45) is 0 Å². The first-order chi connectivity index (χ1) is 9.62. The Balaban J connectivity index is 3.12. The van der Waals surface area contributed by atoms with Crippen molar-refractivity contribution in [2.75, 3.05) is 20.8 Å². The Bertz CT molecular complexity index is 505. The van der Waals surface area contributed by atoms with Gasteiger partial charge in [-0.3, -0.25) is 4.79 Å². The molecule has 0 fully saturated rings. The zero-order chi connectivity index (χ0) is 15.0. The monoisotopic (exact) mass is 278 g/mol. The largest absolute Gasteiger partial charge is 0.493 e. The van der Waals surface area contributed by atoms with Crippen molar-refractivity contribution in [3.63, 3.8) is 0 Å². The molecule has 108 valence electrons. The van der Waals surface area contributed by atoms with E-state index in [0.717, 1.165) is 0 Å². The van der Waals surface area contributed by atoms with Crippen LogP contribution < -0.4 is 4.74 Å². The van der Waals surface area contributed by atoms with Crippen molar-refractivity contribution in [3.8, 4) is 5.75 Å². The summed E-state index contributed by atoms with van der Waals surface area (Å²) in [7, 11) is 2.53. The number of benzene rings is 1. The lowest BCUT2D eigenvalue weighted by Crippen LogP contribution is -2.11. The second kappa shape index (κ2) is 7.99. The molecule has 0 saturated heterocycles. The summed E-state index contributed by atoms with van der Waals surface area (Å²) in [5, 5.41) is 0. The van der Waals surface area contributed by atoms with Crippen LogP contribution >= 0.6 is 0 Å². The van der Waals surface area contributed by atoms with Gasteiger partial charge < -0.3 is 14.2 Å².